The molecule has 5 nitrogen and oxygen atoms in total. The van der Waals surface area contributed by atoms with Crippen LogP contribution in [0, 0.1) is 11.3 Å². The highest BCUT2D eigenvalue weighted by molar-refractivity contribution is 5.57. The molecule has 0 aliphatic carbocycles. The molecule has 4 aromatic rings. The molecule has 5 heteroatoms. The molecule has 35 heavy (non-hydrogen) atoms. The summed E-state index contributed by atoms with van der Waals surface area (Å²) >= 11 is 0. The average molecular weight is 463 g/mol. The fraction of sp³-hybridized carbons (Fsp3) is 0.167. The Morgan fingerprint density at radius 3 is 1.86 bits per heavy atom. The van der Waals surface area contributed by atoms with Crippen LogP contribution in [0.15, 0.2) is 113 Å². The minimum absolute atomic E-state index is 0.104. The predicted octanol–water partition coefficient (Wildman–Crippen LogP) is 6.13. The number of benzene rings is 3. The molecule has 3 aromatic carbocycles. The van der Waals surface area contributed by atoms with Crippen LogP contribution in [-0.4, -0.2) is 12.7 Å². The molecule has 174 valence electrons. The normalized spacial score (nSPS) is 17.7. The lowest BCUT2D eigenvalue weighted by Gasteiger charge is -2.36. The van der Waals surface area contributed by atoms with Gasteiger partial charge in [0.05, 0.1) is 12.3 Å². The van der Waals surface area contributed by atoms with Gasteiger partial charge < -0.3 is 19.6 Å². The molecule has 2 heterocycles. The van der Waals surface area contributed by atoms with E-state index in [1.165, 1.54) is 6.26 Å². The summed E-state index contributed by atoms with van der Waals surface area (Å²) in [6.07, 6.45) is 2.88. The van der Waals surface area contributed by atoms with E-state index in [1.54, 1.807) is 0 Å². The van der Waals surface area contributed by atoms with Crippen molar-refractivity contribution in [2.75, 3.05) is 12.3 Å². The average Bonchev–Trinajstić information content (AvgIpc) is 3.47. The first kappa shape index (κ1) is 22.7. The van der Waals surface area contributed by atoms with Crippen molar-refractivity contribution in [1.29, 1.82) is 5.26 Å². The second-order valence-electron chi connectivity index (χ2n) is 8.60. The fourth-order valence-electron chi connectivity index (χ4n) is 4.75. The number of nitriles is 1. The standard InChI is InChI=1S/C30H26N2O3/c1-21-17-25(35-29(21)26-20-33-27(18-31)28(26)32)19-34-30(22-11-5-2-6-12-22,23-13-7-3-8-14-23)24-15-9-4-10-16-24/h2-17,20,25,29H,19,32H2,1H3. The highest BCUT2D eigenvalue weighted by atomic mass is 16.6. The first-order chi connectivity index (χ1) is 17.1. The Kier molecular flexibility index (Phi) is 6.24. The van der Waals surface area contributed by atoms with Gasteiger partial charge >= 0.3 is 0 Å². The zero-order valence-corrected chi connectivity index (χ0v) is 19.4. The lowest BCUT2D eigenvalue weighted by atomic mass is 9.80. The number of nitrogens with two attached hydrogens (primary N) is 1. The number of nitrogens with zero attached hydrogens (tertiary/aromatic N) is 1. The van der Waals surface area contributed by atoms with E-state index in [4.69, 9.17) is 19.6 Å². The maximum atomic E-state index is 9.19. The topological polar surface area (TPSA) is 81.4 Å². The molecule has 1 aliphatic rings. The highest BCUT2D eigenvalue weighted by Gasteiger charge is 2.39. The van der Waals surface area contributed by atoms with Crippen LogP contribution < -0.4 is 5.73 Å². The Labute approximate surface area is 205 Å². The van der Waals surface area contributed by atoms with Gasteiger partial charge in [0.1, 0.15) is 30.1 Å². The second-order valence-corrected chi connectivity index (χ2v) is 8.60. The summed E-state index contributed by atoms with van der Waals surface area (Å²) in [5.41, 5.74) is 10.4. The molecule has 1 aromatic heterocycles. The van der Waals surface area contributed by atoms with Crippen LogP contribution in [-0.2, 0) is 15.1 Å². The quantitative estimate of drug-likeness (QED) is 0.264. The zero-order chi connectivity index (χ0) is 24.3. The SMILES string of the molecule is CC1=CC(COC(c2ccccc2)(c2ccccc2)c2ccccc2)OC1c1coc(C#N)c1N. The van der Waals surface area contributed by atoms with Gasteiger partial charge in [-0.25, -0.2) is 0 Å². The Hall–Kier alpha value is -4.11. The van der Waals surface area contributed by atoms with E-state index < -0.39 is 5.60 Å². The number of anilines is 1. The van der Waals surface area contributed by atoms with Crippen molar-refractivity contribution in [2.24, 2.45) is 0 Å². The van der Waals surface area contributed by atoms with Crippen LogP contribution in [0.1, 0.15) is 41.0 Å². The molecule has 0 amide bonds. The van der Waals surface area contributed by atoms with Gasteiger partial charge in [0.15, 0.2) is 0 Å². The molecule has 0 spiro atoms. The lowest BCUT2D eigenvalue weighted by Crippen LogP contribution is -2.35. The third-order valence-electron chi connectivity index (χ3n) is 6.42. The van der Waals surface area contributed by atoms with Crippen LogP contribution in [0.4, 0.5) is 5.69 Å². The Morgan fingerprint density at radius 1 is 0.886 bits per heavy atom. The number of ether oxygens (including phenoxy) is 2. The molecule has 0 radical (unpaired) electrons. The van der Waals surface area contributed by atoms with Crippen LogP contribution in [0.2, 0.25) is 0 Å². The molecular weight excluding hydrogens is 436 g/mol. The van der Waals surface area contributed by atoms with Crippen LogP contribution in [0.25, 0.3) is 0 Å². The summed E-state index contributed by atoms with van der Waals surface area (Å²) in [5.74, 6) is 0.104. The van der Waals surface area contributed by atoms with E-state index in [9.17, 15) is 5.26 Å². The maximum Gasteiger partial charge on any atom is 0.226 e. The maximum absolute atomic E-state index is 9.19. The molecular formula is C30H26N2O3. The minimum Gasteiger partial charge on any atom is -0.451 e. The van der Waals surface area contributed by atoms with Crippen molar-refractivity contribution in [3.8, 4) is 6.07 Å². The Morgan fingerprint density at radius 2 is 1.40 bits per heavy atom. The van der Waals surface area contributed by atoms with Crippen LogP contribution >= 0.6 is 0 Å². The molecule has 2 N–H and O–H groups in total. The van der Waals surface area contributed by atoms with Crippen molar-refractivity contribution < 1.29 is 13.9 Å². The third kappa shape index (κ3) is 4.15. The van der Waals surface area contributed by atoms with Crippen molar-refractivity contribution in [2.45, 2.75) is 24.7 Å². The first-order valence-electron chi connectivity index (χ1n) is 11.5. The smallest absolute Gasteiger partial charge is 0.226 e. The zero-order valence-electron chi connectivity index (χ0n) is 19.4. The largest absolute Gasteiger partial charge is 0.451 e. The van der Waals surface area contributed by atoms with Gasteiger partial charge in [-0.15, -0.1) is 0 Å². The summed E-state index contributed by atoms with van der Waals surface area (Å²) in [6.45, 7) is 2.30. The lowest BCUT2D eigenvalue weighted by molar-refractivity contribution is -0.0550. The van der Waals surface area contributed by atoms with E-state index in [0.717, 1.165) is 22.3 Å². The van der Waals surface area contributed by atoms with E-state index in [1.807, 2.05) is 67.6 Å². The van der Waals surface area contributed by atoms with E-state index in [-0.39, 0.29) is 18.0 Å². The molecule has 1 aliphatic heterocycles. The molecule has 0 fully saturated rings. The Bertz CT molecular complexity index is 1260. The van der Waals surface area contributed by atoms with Gasteiger partial charge in [-0.3, -0.25) is 0 Å². The number of furan rings is 1. The molecule has 5 rings (SSSR count). The summed E-state index contributed by atoms with van der Waals surface area (Å²) in [7, 11) is 0. The Balaban J connectivity index is 1.50. The second kappa shape index (κ2) is 9.63. The van der Waals surface area contributed by atoms with Gasteiger partial charge in [-0.1, -0.05) is 97.1 Å². The van der Waals surface area contributed by atoms with E-state index >= 15 is 0 Å². The van der Waals surface area contributed by atoms with E-state index in [0.29, 0.717) is 17.9 Å². The van der Waals surface area contributed by atoms with Crippen LogP contribution in [0.5, 0.6) is 0 Å². The van der Waals surface area contributed by atoms with Gasteiger partial charge in [0.25, 0.3) is 0 Å². The number of rotatable bonds is 7. The van der Waals surface area contributed by atoms with Crippen molar-refractivity contribution in [3.05, 3.63) is 137 Å². The molecule has 2 atom stereocenters. The monoisotopic (exact) mass is 462 g/mol. The van der Waals surface area contributed by atoms with Gasteiger partial charge in [0.2, 0.25) is 5.76 Å². The summed E-state index contributed by atoms with van der Waals surface area (Å²) in [4.78, 5) is 0. The van der Waals surface area contributed by atoms with Gasteiger partial charge in [-0.05, 0) is 29.2 Å². The first-order valence-corrected chi connectivity index (χ1v) is 11.5. The number of hydrogen-bond acceptors (Lipinski definition) is 5. The summed E-state index contributed by atoms with van der Waals surface area (Å²) < 4.78 is 18.5. The minimum atomic E-state index is -0.824. The molecule has 0 saturated carbocycles. The molecule has 0 bridgehead atoms. The summed E-state index contributed by atoms with van der Waals surface area (Å²) in [5, 5.41) is 9.19. The van der Waals surface area contributed by atoms with Gasteiger partial charge in [0, 0.05) is 5.56 Å². The highest BCUT2D eigenvalue weighted by Crippen LogP contribution is 2.42. The summed E-state index contributed by atoms with van der Waals surface area (Å²) in [6, 6.07) is 32.7. The van der Waals surface area contributed by atoms with E-state index in [2.05, 4.69) is 42.5 Å². The third-order valence-corrected chi connectivity index (χ3v) is 6.42. The van der Waals surface area contributed by atoms with Crippen molar-refractivity contribution in [3.63, 3.8) is 0 Å². The number of nitrogen functional groups attached to an aromatic ring is 1. The fourth-order valence-corrected chi connectivity index (χ4v) is 4.75. The molecule has 0 saturated heterocycles. The van der Waals surface area contributed by atoms with Crippen LogP contribution in [0.3, 0.4) is 0 Å². The van der Waals surface area contributed by atoms with Crippen molar-refractivity contribution >= 4 is 5.69 Å². The van der Waals surface area contributed by atoms with Gasteiger partial charge in [-0.2, -0.15) is 5.26 Å². The van der Waals surface area contributed by atoms with Crippen molar-refractivity contribution in [1.82, 2.24) is 0 Å². The number of hydrogen-bond donors (Lipinski definition) is 1. The predicted molar refractivity (Wildman–Crippen MR) is 134 cm³/mol. The molecule has 2 unspecified atom stereocenters.